The van der Waals surface area contributed by atoms with Gasteiger partial charge < -0.3 is 15.7 Å². The Morgan fingerprint density at radius 3 is 2.50 bits per heavy atom. The Kier molecular flexibility index (Phi) is 3.78. The number of rotatable bonds is 7. The number of carboxylic acid groups (broad SMARTS) is 1. The first kappa shape index (κ1) is 9.52. The van der Waals surface area contributed by atoms with Gasteiger partial charge in [0, 0.05) is 13.0 Å². The average molecular weight is 283 g/mol. The summed E-state index contributed by atoms with van der Waals surface area (Å²) in [6.45, 7) is 1.08. The van der Waals surface area contributed by atoms with Crippen molar-refractivity contribution >= 4 is 17.8 Å². The van der Waals surface area contributed by atoms with Crippen molar-refractivity contribution in [2.24, 2.45) is 0 Å². The van der Waals surface area contributed by atoms with Gasteiger partial charge in [-0.1, -0.05) is 30.2 Å². The maximum atomic E-state index is 12.0. The van der Waals surface area contributed by atoms with E-state index in [4.69, 9.17) is 12.0 Å². The summed E-state index contributed by atoms with van der Waals surface area (Å²) in [5, 5.41) is 13.2. The van der Waals surface area contributed by atoms with Crippen LogP contribution in [0.5, 0.6) is 0 Å². The molecule has 0 spiro atoms. The van der Waals surface area contributed by atoms with Crippen LogP contribution in [0.4, 0.5) is 0 Å². The molecule has 0 fully saturated rings. The van der Waals surface area contributed by atoms with E-state index in [-0.39, 0.29) is 24.9 Å². The van der Waals surface area contributed by atoms with Gasteiger partial charge in [-0.15, -0.1) is 0 Å². The number of benzene rings is 1. The summed E-state index contributed by atoms with van der Waals surface area (Å²) in [4.78, 5) is 33.8. The molecule has 0 unspecified atom stereocenters. The molecule has 0 radical (unpaired) electrons. The molecule has 0 aliphatic carbocycles. The zero-order chi connectivity index (χ0) is 19.3. The summed E-state index contributed by atoms with van der Waals surface area (Å²) in [5.41, 5.74) is -0.0660. The minimum atomic E-state index is -1.13. The summed E-state index contributed by atoms with van der Waals surface area (Å²) in [6.07, 6.45) is -0.626. The topological polar surface area (TPSA) is 95.5 Å². The summed E-state index contributed by atoms with van der Waals surface area (Å²) in [6, 6.07) is -3.32. The van der Waals surface area contributed by atoms with Gasteiger partial charge in [0.15, 0.2) is 0 Å². The molecule has 20 heavy (non-hydrogen) atoms. The monoisotopic (exact) mass is 283 g/mol. The van der Waals surface area contributed by atoms with Crippen molar-refractivity contribution in [2.75, 3.05) is 0 Å². The summed E-state index contributed by atoms with van der Waals surface area (Å²) in [5.74, 6) is -2.36. The fraction of sp³-hybridized carbons (Fsp3) is 0.357. The molecule has 0 saturated heterocycles. The summed E-state index contributed by atoms with van der Waals surface area (Å²) < 4.78 is 38.1. The van der Waals surface area contributed by atoms with E-state index in [0.29, 0.717) is 0 Å². The lowest BCUT2D eigenvalue weighted by atomic mass is 10.2. The fourth-order valence-corrected chi connectivity index (χ4v) is 1.29. The maximum absolute atomic E-state index is 12.0. The van der Waals surface area contributed by atoms with Crippen molar-refractivity contribution in [3.63, 3.8) is 0 Å². The van der Waals surface area contributed by atoms with E-state index in [2.05, 4.69) is 10.6 Å². The third-order valence-electron chi connectivity index (χ3n) is 2.33. The van der Waals surface area contributed by atoms with E-state index in [1.165, 1.54) is 6.92 Å². The normalized spacial score (nSPS) is 14.9. The van der Waals surface area contributed by atoms with Crippen molar-refractivity contribution < 1.29 is 26.3 Å². The number of nitrogens with one attached hydrogen (secondary N) is 2. The van der Waals surface area contributed by atoms with Crippen molar-refractivity contribution in [2.45, 2.75) is 32.4 Å². The van der Waals surface area contributed by atoms with Gasteiger partial charge in [-0.25, -0.2) is 0 Å². The number of amides is 2. The number of aliphatic carboxylic acids is 1. The Morgan fingerprint density at radius 1 is 1.25 bits per heavy atom. The van der Waals surface area contributed by atoms with Gasteiger partial charge in [-0.05, 0) is 12.5 Å². The van der Waals surface area contributed by atoms with E-state index < -0.39 is 54.0 Å². The van der Waals surface area contributed by atoms with E-state index >= 15 is 0 Å². The molecule has 1 rings (SSSR count). The minimum absolute atomic E-state index is 0.0660. The lowest BCUT2D eigenvalue weighted by molar-refractivity contribution is -0.139. The molecule has 1 aromatic carbocycles. The number of carbonyl (C=O) groups excluding carboxylic acids is 2. The summed E-state index contributed by atoms with van der Waals surface area (Å²) in [7, 11) is 0. The van der Waals surface area contributed by atoms with Crippen LogP contribution in [-0.4, -0.2) is 28.9 Å². The highest BCUT2D eigenvalue weighted by atomic mass is 16.4. The zero-order valence-corrected chi connectivity index (χ0v) is 10.9. The van der Waals surface area contributed by atoms with Gasteiger partial charge in [0.2, 0.25) is 11.8 Å². The van der Waals surface area contributed by atoms with Gasteiger partial charge in [-0.3, -0.25) is 14.4 Å². The molecule has 0 bridgehead atoms. The molecule has 1 atom stereocenters. The van der Waals surface area contributed by atoms with Gasteiger partial charge in [0.05, 0.1) is 13.3 Å². The van der Waals surface area contributed by atoms with Gasteiger partial charge in [-0.2, -0.15) is 0 Å². The molecule has 0 saturated carbocycles. The molecular formula is C14H18N2O4. The molecule has 1 aromatic rings. The van der Waals surface area contributed by atoms with Crippen LogP contribution in [0.15, 0.2) is 30.2 Å². The second-order valence-electron chi connectivity index (χ2n) is 4.00. The Hall–Kier alpha value is -2.37. The number of hydrogen-bond acceptors (Lipinski definition) is 3. The van der Waals surface area contributed by atoms with Crippen molar-refractivity contribution in [3.8, 4) is 0 Å². The van der Waals surface area contributed by atoms with E-state index in [1.807, 2.05) is 0 Å². The van der Waals surface area contributed by atoms with Crippen molar-refractivity contribution in [1.82, 2.24) is 10.6 Å². The molecule has 0 heterocycles. The quantitative estimate of drug-likeness (QED) is 0.685. The molecule has 2 amide bonds. The standard InChI is InChI=1S/C14H18N2O4/c1-10(16-12(17)7-8-13(18)19)14(20)15-9-11-5-3-2-4-6-11/h2-6,10H,7-9H2,1H3,(H,15,20)(H,16,17)(H,18,19)/t10-/m0/s1/i2D,3D,4D,5D,6D. The molecule has 6 nitrogen and oxygen atoms in total. The van der Waals surface area contributed by atoms with Crippen molar-refractivity contribution in [3.05, 3.63) is 35.8 Å². The van der Waals surface area contributed by atoms with Crippen LogP contribution in [0.2, 0.25) is 0 Å². The zero-order valence-electron chi connectivity index (χ0n) is 15.9. The highest BCUT2D eigenvalue weighted by Gasteiger charge is 2.15. The molecule has 3 N–H and O–H groups in total. The highest BCUT2D eigenvalue weighted by Crippen LogP contribution is 1.98. The third-order valence-corrected chi connectivity index (χ3v) is 2.33. The molecule has 0 aliphatic heterocycles. The molecule has 6 heteroatoms. The van der Waals surface area contributed by atoms with Crippen LogP contribution >= 0.6 is 0 Å². The first-order valence-corrected chi connectivity index (χ1v) is 5.90. The Morgan fingerprint density at radius 2 is 1.90 bits per heavy atom. The predicted molar refractivity (Wildman–Crippen MR) is 72.8 cm³/mol. The van der Waals surface area contributed by atoms with Crippen molar-refractivity contribution in [1.29, 1.82) is 0 Å². The first-order chi connectivity index (χ1) is 11.6. The predicted octanol–water partition coefficient (Wildman–Crippen LogP) is 0.672. The molecule has 108 valence electrons. The average Bonchev–Trinajstić information content (AvgIpc) is 2.56. The first-order valence-electron chi connectivity index (χ1n) is 8.40. The van der Waals surface area contributed by atoms with Crippen LogP contribution in [0, 0.1) is 0 Å². The van der Waals surface area contributed by atoms with E-state index in [1.54, 1.807) is 0 Å². The van der Waals surface area contributed by atoms with Gasteiger partial charge >= 0.3 is 5.97 Å². The SMILES string of the molecule is [2H]c1c([2H])c([2H])c(CNC(=O)[C@H](C)NC(=O)CCC(=O)O)c([2H])c1[2H]. The fourth-order valence-electron chi connectivity index (χ4n) is 1.29. The smallest absolute Gasteiger partial charge is 0.303 e. The van der Waals surface area contributed by atoms with Crippen LogP contribution in [0.25, 0.3) is 0 Å². The minimum Gasteiger partial charge on any atom is -0.481 e. The Balaban J connectivity index is 2.71. The van der Waals surface area contributed by atoms with Gasteiger partial charge in [0.25, 0.3) is 0 Å². The Labute approximate surface area is 124 Å². The van der Waals surface area contributed by atoms with Crippen LogP contribution < -0.4 is 10.6 Å². The molecule has 0 aliphatic rings. The number of carboxylic acids is 1. The highest BCUT2D eigenvalue weighted by molar-refractivity contribution is 5.88. The molecule has 0 aromatic heterocycles. The third kappa shape index (κ3) is 5.99. The lowest BCUT2D eigenvalue weighted by Gasteiger charge is -2.13. The maximum Gasteiger partial charge on any atom is 0.303 e. The summed E-state index contributed by atoms with van der Waals surface area (Å²) >= 11 is 0. The van der Waals surface area contributed by atoms with Crippen LogP contribution in [0.1, 0.15) is 32.2 Å². The number of carbonyl (C=O) groups is 3. The molecular weight excluding hydrogens is 260 g/mol. The second-order valence-corrected chi connectivity index (χ2v) is 4.00. The van der Waals surface area contributed by atoms with Gasteiger partial charge in [0.1, 0.15) is 6.04 Å². The van der Waals surface area contributed by atoms with Crippen LogP contribution in [-0.2, 0) is 20.9 Å². The van der Waals surface area contributed by atoms with E-state index in [9.17, 15) is 14.4 Å². The number of hydrogen-bond donors (Lipinski definition) is 3. The second kappa shape index (κ2) is 7.93. The Bertz CT molecular complexity index is 682. The largest absolute Gasteiger partial charge is 0.481 e. The van der Waals surface area contributed by atoms with Crippen LogP contribution in [0.3, 0.4) is 0 Å². The van der Waals surface area contributed by atoms with E-state index in [0.717, 1.165) is 0 Å². The lowest BCUT2D eigenvalue weighted by Crippen LogP contribution is -2.44.